The predicted molar refractivity (Wildman–Crippen MR) is 79.7 cm³/mol. The Balaban J connectivity index is 2.89. The number of aliphatic hydroxyl groups excluding tert-OH is 1. The lowest BCUT2D eigenvalue weighted by atomic mass is 9.99. The van der Waals surface area contributed by atoms with E-state index in [1.165, 1.54) is 0 Å². The predicted octanol–water partition coefficient (Wildman–Crippen LogP) is 3.57. The van der Waals surface area contributed by atoms with Crippen LogP contribution in [-0.4, -0.2) is 26.4 Å². The fraction of sp³-hybridized carbons (Fsp3) is 0.625. The van der Waals surface area contributed by atoms with E-state index in [9.17, 15) is 5.11 Å². The van der Waals surface area contributed by atoms with Crippen molar-refractivity contribution in [2.24, 2.45) is 5.92 Å². The summed E-state index contributed by atoms with van der Waals surface area (Å²) in [5, 5.41) is 10.3. The first kappa shape index (κ1) is 16.6. The maximum Gasteiger partial charge on any atom is 0.203 e. The number of hydrogen-bond donors (Lipinski definition) is 1. The third-order valence-corrected chi connectivity index (χ3v) is 3.33. The smallest absolute Gasteiger partial charge is 0.203 e. The standard InChI is InChI=1S/C16H26O4/c1-11(2)7-6-8-13(17)12-9-14(18-3)16(20-5)15(10-12)19-4/h9-11,13,17H,6-8H2,1-5H3. The molecule has 1 N–H and O–H groups in total. The van der Waals surface area contributed by atoms with Crippen molar-refractivity contribution in [1.29, 1.82) is 0 Å². The lowest BCUT2D eigenvalue weighted by molar-refractivity contribution is 0.161. The highest BCUT2D eigenvalue weighted by Gasteiger charge is 2.17. The van der Waals surface area contributed by atoms with Crippen LogP contribution in [0.1, 0.15) is 44.8 Å². The van der Waals surface area contributed by atoms with Crippen LogP contribution in [0.4, 0.5) is 0 Å². The van der Waals surface area contributed by atoms with Gasteiger partial charge in [0.15, 0.2) is 11.5 Å². The molecule has 114 valence electrons. The van der Waals surface area contributed by atoms with Crippen LogP contribution in [0.2, 0.25) is 0 Å². The molecule has 0 saturated heterocycles. The highest BCUT2D eigenvalue weighted by atomic mass is 16.5. The Hall–Kier alpha value is -1.42. The van der Waals surface area contributed by atoms with Crippen molar-refractivity contribution in [2.75, 3.05) is 21.3 Å². The van der Waals surface area contributed by atoms with Gasteiger partial charge in [0, 0.05) is 0 Å². The Morgan fingerprint density at radius 2 is 1.50 bits per heavy atom. The molecule has 0 aliphatic heterocycles. The molecule has 0 spiro atoms. The van der Waals surface area contributed by atoms with Crippen molar-refractivity contribution in [3.8, 4) is 17.2 Å². The fourth-order valence-corrected chi connectivity index (χ4v) is 2.18. The van der Waals surface area contributed by atoms with E-state index in [4.69, 9.17) is 14.2 Å². The molecule has 1 atom stereocenters. The van der Waals surface area contributed by atoms with Crippen LogP contribution >= 0.6 is 0 Å². The summed E-state index contributed by atoms with van der Waals surface area (Å²) in [7, 11) is 4.72. The summed E-state index contributed by atoms with van der Waals surface area (Å²) in [6, 6.07) is 3.61. The zero-order chi connectivity index (χ0) is 15.1. The number of ether oxygens (including phenoxy) is 3. The summed E-state index contributed by atoms with van der Waals surface area (Å²) in [4.78, 5) is 0. The van der Waals surface area contributed by atoms with E-state index in [1.54, 1.807) is 33.5 Å². The molecule has 20 heavy (non-hydrogen) atoms. The van der Waals surface area contributed by atoms with E-state index < -0.39 is 6.10 Å². The first-order valence-corrected chi connectivity index (χ1v) is 7.01. The second-order valence-corrected chi connectivity index (χ2v) is 5.30. The molecule has 0 bridgehead atoms. The van der Waals surface area contributed by atoms with Crippen molar-refractivity contribution >= 4 is 0 Å². The molecule has 4 nitrogen and oxygen atoms in total. The minimum absolute atomic E-state index is 0.512. The van der Waals surface area contributed by atoms with E-state index in [-0.39, 0.29) is 0 Å². The van der Waals surface area contributed by atoms with Gasteiger partial charge in [0.05, 0.1) is 27.4 Å². The average Bonchev–Trinajstić information content (AvgIpc) is 2.44. The Labute approximate surface area is 121 Å². The highest BCUT2D eigenvalue weighted by Crippen LogP contribution is 2.40. The summed E-state index contributed by atoms with van der Waals surface area (Å²) in [6.07, 6.45) is 2.33. The third-order valence-electron chi connectivity index (χ3n) is 3.33. The summed E-state index contributed by atoms with van der Waals surface area (Å²) >= 11 is 0. The third kappa shape index (κ3) is 4.30. The van der Waals surface area contributed by atoms with Crippen LogP contribution in [0.5, 0.6) is 17.2 Å². The number of rotatable bonds is 8. The minimum Gasteiger partial charge on any atom is -0.493 e. The zero-order valence-electron chi connectivity index (χ0n) is 13.1. The van der Waals surface area contributed by atoms with Gasteiger partial charge in [-0.1, -0.05) is 26.7 Å². The van der Waals surface area contributed by atoms with Gasteiger partial charge in [-0.05, 0) is 30.0 Å². The Morgan fingerprint density at radius 3 is 1.90 bits per heavy atom. The van der Waals surface area contributed by atoms with E-state index in [0.717, 1.165) is 24.8 Å². The van der Waals surface area contributed by atoms with Gasteiger partial charge in [0.1, 0.15) is 0 Å². The summed E-state index contributed by atoms with van der Waals surface area (Å²) in [5.41, 5.74) is 0.795. The van der Waals surface area contributed by atoms with Crippen LogP contribution < -0.4 is 14.2 Å². The molecule has 0 saturated carbocycles. The van der Waals surface area contributed by atoms with Gasteiger partial charge in [-0.2, -0.15) is 0 Å². The SMILES string of the molecule is COc1cc(C(O)CCCC(C)C)cc(OC)c1OC. The monoisotopic (exact) mass is 282 g/mol. The van der Waals surface area contributed by atoms with Gasteiger partial charge >= 0.3 is 0 Å². The van der Waals surface area contributed by atoms with Gasteiger partial charge in [-0.25, -0.2) is 0 Å². The van der Waals surface area contributed by atoms with Crippen molar-refractivity contribution in [2.45, 2.75) is 39.2 Å². The second-order valence-electron chi connectivity index (χ2n) is 5.30. The molecule has 1 rings (SSSR count). The molecular weight excluding hydrogens is 256 g/mol. The molecule has 0 aliphatic rings. The van der Waals surface area contributed by atoms with Gasteiger partial charge in [-0.15, -0.1) is 0 Å². The van der Waals surface area contributed by atoms with Crippen LogP contribution in [0.15, 0.2) is 12.1 Å². The van der Waals surface area contributed by atoms with E-state index >= 15 is 0 Å². The van der Waals surface area contributed by atoms with Crippen LogP contribution in [0, 0.1) is 5.92 Å². The molecule has 0 heterocycles. The van der Waals surface area contributed by atoms with Crippen molar-refractivity contribution in [1.82, 2.24) is 0 Å². The Bertz CT molecular complexity index is 390. The molecule has 0 aliphatic carbocycles. The normalized spacial score (nSPS) is 12.3. The quantitative estimate of drug-likeness (QED) is 0.792. The van der Waals surface area contributed by atoms with Crippen molar-refractivity contribution in [3.05, 3.63) is 17.7 Å². The maximum absolute atomic E-state index is 10.3. The average molecular weight is 282 g/mol. The summed E-state index contributed by atoms with van der Waals surface area (Å²) in [5.74, 6) is 2.35. The van der Waals surface area contributed by atoms with Crippen LogP contribution in [-0.2, 0) is 0 Å². The van der Waals surface area contributed by atoms with Gasteiger partial charge in [0.25, 0.3) is 0 Å². The molecular formula is C16H26O4. The van der Waals surface area contributed by atoms with E-state index in [2.05, 4.69) is 13.8 Å². The van der Waals surface area contributed by atoms with E-state index in [0.29, 0.717) is 23.2 Å². The summed E-state index contributed by atoms with van der Waals surface area (Å²) < 4.78 is 15.9. The van der Waals surface area contributed by atoms with Gasteiger partial charge in [-0.3, -0.25) is 0 Å². The zero-order valence-corrected chi connectivity index (χ0v) is 13.1. The van der Waals surface area contributed by atoms with Crippen LogP contribution in [0.3, 0.4) is 0 Å². The maximum atomic E-state index is 10.3. The number of aliphatic hydroxyl groups is 1. The number of hydrogen-bond acceptors (Lipinski definition) is 4. The van der Waals surface area contributed by atoms with Crippen molar-refractivity contribution in [3.63, 3.8) is 0 Å². The van der Waals surface area contributed by atoms with Gasteiger partial charge < -0.3 is 19.3 Å². The Morgan fingerprint density at radius 1 is 0.950 bits per heavy atom. The minimum atomic E-state index is -0.512. The first-order valence-electron chi connectivity index (χ1n) is 7.01. The van der Waals surface area contributed by atoms with Gasteiger partial charge in [0.2, 0.25) is 5.75 Å². The molecule has 1 unspecified atom stereocenters. The lowest BCUT2D eigenvalue weighted by Crippen LogP contribution is -2.02. The largest absolute Gasteiger partial charge is 0.493 e. The Kier molecular flexibility index (Phi) is 6.65. The van der Waals surface area contributed by atoms with Crippen molar-refractivity contribution < 1.29 is 19.3 Å². The van der Waals surface area contributed by atoms with E-state index in [1.807, 2.05) is 0 Å². The molecule has 1 aromatic rings. The molecule has 0 aromatic heterocycles. The highest BCUT2D eigenvalue weighted by molar-refractivity contribution is 5.54. The molecule has 0 amide bonds. The second kappa shape index (κ2) is 8.00. The molecule has 0 fully saturated rings. The summed E-state index contributed by atoms with van der Waals surface area (Å²) in [6.45, 7) is 4.37. The topological polar surface area (TPSA) is 47.9 Å². The number of benzene rings is 1. The molecule has 0 radical (unpaired) electrons. The number of methoxy groups -OCH3 is 3. The van der Waals surface area contributed by atoms with Crippen LogP contribution in [0.25, 0.3) is 0 Å². The fourth-order valence-electron chi connectivity index (χ4n) is 2.18. The molecule has 4 heteroatoms. The first-order chi connectivity index (χ1) is 9.53. The molecule has 1 aromatic carbocycles. The lowest BCUT2D eigenvalue weighted by Gasteiger charge is -2.17.